The standard InChI is InChI=1S/C25H26F2N2O4S.C23H26FN3O4S2.C23H25N7O2S.C23H27N3O4S2/c1-3-16-14-28-25(29-15-16)33-20-8-6-19(7-9-20)32-24-22(26)12-18(13-23(24)27)17-4-10-21(11-5-17)34(2,30)31;1-3-15-11-25-23(26-12-15)31-18-6-4-16(5-7-18)22-27-17(14-32-22)13-30-21-9-8-19(10-20(21)24)33(2,28)29;1-2-16-11-24-23(25-12-16)32-21-7-3-17(4-8-21)22-27-18(14-33-22)13-31-20-9-5-19(6-10-20)30-15-26-28-29-30;1-3-16-12-24-23(25-13-16)30-20-6-4-17(5-7-20)22-26-18(15-31-22)14-29-19-8-10-21(11-9-19)32(2,27)28/h4-5,10-15,19-20H,3,6-9H2,1-2H3;8-12,14,16,18H,3-7,13H2,1-2H3;5-6,9-12,14-15,17,21H,2-4,7-8,13H2,1H3;8-13,15,17,20H,3-7,14H2,1-2H3. The molecule has 17 rings (SSSR count). The summed E-state index contributed by atoms with van der Waals surface area (Å²) in [7, 11) is -10.0. The molecule has 0 bridgehead atoms. The van der Waals surface area contributed by atoms with Gasteiger partial charge in [-0.05, 0) is 263 Å². The fourth-order valence-corrected chi connectivity index (χ4v) is 20.0. The molecule has 13 aromatic rings. The van der Waals surface area contributed by atoms with Gasteiger partial charge >= 0.3 is 24.0 Å². The molecule has 0 N–H and O–H groups in total. The second kappa shape index (κ2) is 45.7. The van der Waals surface area contributed by atoms with E-state index < -0.39 is 52.7 Å². The van der Waals surface area contributed by atoms with Crippen LogP contribution in [0.1, 0.15) is 203 Å². The highest BCUT2D eigenvalue weighted by Crippen LogP contribution is 2.41. The highest BCUT2D eigenvalue weighted by atomic mass is 32.2. The summed E-state index contributed by atoms with van der Waals surface area (Å²) in [5.41, 5.74) is 8.61. The van der Waals surface area contributed by atoms with Gasteiger partial charge in [-0.1, -0.05) is 39.8 Å². The van der Waals surface area contributed by atoms with Crippen LogP contribution in [0, 0.1) is 17.5 Å². The molecule has 5 aromatic carbocycles. The van der Waals surface area contributed by atoms with Gasteiger partial charge in [0.05, 0.1) is 58.6 Å². The minimum atomic E-state index is -3.47. The first kappa shape index (κ1) is 96.5. The maximum absolute atomic E-state index is 14.7. The van der Waals surface area contributed by atoms with E-state index >= 15 is 0 Å². The lowest BCUT2D eigenvalue weighted by molar-refractivity contribution is 0.0705. The summed E-state index contributed by atoms with van der Waals surface area (Å²) in [5.74, 6) is -0.0310. The minimum absolute atomic E-state index is 0.00351. The van der Waals surface area contributed by atoms with Crippen molar-refractivity contribution >= 4 is 63.5 Å². The van der Waals surface area contributed by atoms with Crippen LogP contribution < -0.4 is 37.9 Å². The summed E-state index contributed by atoms with van der Waals surface area (Å²) in [6.07, 6.45) is 37.3. The van der Waals surface area contributed by atoms with Crippen molar-refractivity contribution in [2.75, 3.05) is 18.8 Å². The van der Waals surface area contributed by atoms with Crippen LogP contribution in [-0.2, 0) is 75.0 Å². The van der Waals surface area contributed by atoms with E-state index in [1.165, 1.54) is 59.8 Å². The predicted molar refractivity (Wildman–Crippen MR) is 492 cm³/mol. The fourth-order valence-electron chi connectivity index (χ4n) is 15.2. The van der Waals surface area contributed by atoms with Gasteiger partial charge in [-0.3, -0.25) is 0 Å². The molecule has 8 aromatic heterocycles. The first-order valence-corrected chi connectivity index (χ1v) is 52.2. The van der Waals surface area contributed by atoms with Gasteiger partial charge in [-0.25, -0.2) is 97.9 Å². The number of nitrogens with zero attached hydrogens (tertiary/aromatic N) is 15. The molecule has 0 spiro atoms. The van der Waals surface area contributed by atoms with Crippen molar-refractivity contribution in [2.45, 2.75) is 239 Å². The normalized spacial score (nSPS) is 18.6. The van der Waals surface area contributed by atoms with Crippen molar-refractivity contribution in [3.05, 3.63) is 247 Å². The summed E-state index contributed by atoms with van der Waals surface area (Å²) in [4.78, 5) is 48.8. The Hall–Kier alpha value is -11.6. The number of tetrazole rings is 1. The van der Waals surface area contributed by atoms with Crippen LogP contribution in [0.2, 0.25) is 0 Å². The van der Waals surface area contributed by atoms with Crippen molar-refractivity contribution in [2.24, 2.45) is 0 Å². The number of ether oxygens (including phenoxy) is 8. The van der Waals surface area contributed by atoms with E-state index in [1.54, 1.807) is 94.1 Å². The van der Waals surface area contributed by atoms with Gasteiger partial charge in [-0.2, -0.15) is 0 Å². The molecule has 4 aliphatic carbocycles. The molecule has 38 heteroatoms. The van der Waals surface area contributed by atoms with Gasteiger partial charge in [-0.15, -0.1) is 39.1 Å². The fraction of sp³-hybridized carbons (Fsp3) is 0.404. The first-order valence-electron chi connectivity index (χ1n) is 43.9. The number of hydrogen-bond acceptors (Lipinski definition) is 31. The Morgan fingerprint density at radius 1 is 0.364 bits per heavy atom. The quantitative estimate of drug-likeness (QED) is 0.0389. The Bertz CT molecular complexity index is 6190. The van der Waals surface area contributed by atoms with Gasteiger partial charge < -0.3 is 37.9 Å². The Balaban J connectivity index is 0.000000142. The summed E-state index contributed by atoms with van der Waals surface area (Å²) >= 11 is 4.97. The van der Waals surface area contributed by atoms with Crippen molar-refractivity contribution in [3.8, 4) is 63.9 Å². The average molecular weight is 1920 g/mol. The molecule has 4 saturated carbocycles. The summed E-state index contributed by atoms with van der Waals surface area (Å²) in [6.45, 7) is 9.19. The molecule has 0 radical (unpaired) electrons. The van der Waals surface area contributed by atoms with Crippen LogP contribution in [0.15, 0.2) is 190 Å². The predicted octanol–water partition coefficient (Wildman–Crippen LogP) is 18.6. The van der Waals surface area contributed by atoms with E-state index in [0.29, 0.717) is 97.6 Å². The number of rotatable bonds is 31. The topological polar surface area (TPSA) is 362 Å². The van der Waals surface area contributed by atoms with Gasteiger partial charge in [0.15, 0.2) is 58.5 Å². The Kier molecular flexibility index (Phi) is 33.4. The van der Waals surface area contributed by atoms with Gasteiger partial charge in [0, 0.05) is 102 Å². The summed E-state index contributed by atoms with van der Waals surface area (Å²) < 4.78 is 161. The smallest absolute Gasteiger partial charge is 0.316 e. The third-order valence-corrected chi connectivity index (χ3v) is 29.5. The molecule has 0 unspecified atom stereocenters. The Morgan fingerprint density at radius 2 is 0.682 bits per heavy atom. The second-order valence-corrected chi connectivity index (χ2v) is 41.4. The molecular weight excluding hydrogens is 1810 g/mol. The number of thiazole rings is 3. The van der Waals surface area contributed by atoms with Crippen LogP contribution >= 0.6 is 34.0 Å². The number of benzene rings is 5. The number of aryl methyl sites for hydroxylation is 4. The lowest BCUT2D eigenvalue weighted by atomic mass is 9.88. The van der Waals surface area contributed by atoms with E-state index in [2.05, 4.69) is 86.5 Å². The zero-order chi connectivity index (χ0) is 92.7. The molecule has 0 saturated heterocycles. The summed E-state index contributed by atoms with van der Waals surface area (Å²) in [5, 5.41) is 20.6. The van der Waals surface area contributed by atoms with E-state index in [-0.39, 0.29) is 57.6 Å². The van der Waals surface area contributed by atoms with E-state index in [0.717, 1.165) is 182 Å². The third-order valence-electron chi connectivity index (χ3n) is 22.9. The van der Waals surface area contributed by atoms with Crippen LogP contribution in [0.4, 0.5) is 13.2 Å². The molecule has 0 atom stereocenters. The van der Waals surface area contributed by atoms with Crippen molar-refractivity contribution in [1.29, 1.82) is 0 Å². The molecule has 0 aliphatic heterocycles. The van der Waals surface area contributed by atoms with Crippen LogP contribution in [0.5, 0.6) is 47.0 Å². The van der Waals surface area contributed by atoms with Gasteiger partial charge in [0.25, 0.3) is 0 Å². The van der Waals surface area contributed by atoms with Crippen molar-refractivity contribution < 1.29 is 76.3 Å². The molecule has 132 heavy (non-hydrogen) atoms. The molecule has 4 fully saturated rings. The van der Waals surface area contributed by atoms with Gasteiger partial charge in [0.2, 0.25) is 0 Å². The SMILES string of the molecule is CCc1cnc(OC2CCC(Oc3c(F)cc(-c4ccc(S(C)(=O)=O)cc4)cc3F)CC2)nc1.CCc1cnc(OC2CCC(c3nc(COc4ccc(-n5cnnn5)cc4)cs3)CC2)nc1.CCc1cnc(OC2CCC(c3nc(COc4ccc(S(C)(=O)=O)cc4)cs3)CC2)nc1.CCc1cnc(OC2CCC(c3nc(COc4ccc(S(C)(=O)=O)cc4F)cs3)CC2)nc1. The second-order valence-electron chi connectivity index (χ2n) is 32.6. The number of hydrogen-bond donors (Lipinski definition) is 0. The van der Waals surface area contributed by atoms with E-state index in [9.17, 15) is 38.4 Å². The number of halogens is 3. The zero-order valence-electron chi connectivity index (χ0n) is 74.1. The molecule has 0 amide bonds. The lowest BCUT2D eigenvalue weighted by Gasteiger charge is -2.29. The third kappa shape index (κ3) is 27.8. The molecule has 4 aliphatic rings. The molecule has 8 heterocycles. The van der Waals surface area contributed by atoms with Gasteiger partial charge in [0.1, 0.15) is 62.1 Å². The highest BCUT2D eigenvalue weighted by molar-refractivity contribution is 7.91. The van der Waals surface area contributed by atoms with E-state index in [1.807, 2.05) is 66.7 Å². The monoisotopic (exact) mass is 1920 g/mol. The maximum Gasteiger partial charge on any atom is 0.316 e. The largest absolute Gasteiger partial charge is 0.487 e. The molecule has 696 valence electrons. The Morgan fingerprint density at radius 3 is 1.01 bits per heavy atom. The van der Waals surface area contributed by atoms with Crippen molar-refractivity contribution in [1.82, 2.24) is 75.0 Å². The molecule has 29 nitrogen and oxygen atoms in total. The summed E-state index contributed by atoms with van der Waals surface area (Å²) in [6, 6.07) is 27.7. The minimum Gasteiger partial charge on any atom is -0.487 e. The van der Waals surface area contributed by atoms with Crippen LogP contribution in [0.3, 0.4) is 0 Å². The zero-order valence-corrected chi connectivity index (χ0v) is 79.0. The Labute approximate surface area is 778 Å². The first-order chi connectivity index (χ1) is 63.7. The number of sulfone groups is 3. The lowest BCUT2D eigenvalue weighted by Crippen LogP contribution is -2.30. The average Bonchev–Trinajstić information content (AvgIpc) is 1.10. The molecular formula is C94H104F3N15O14S6. The van der Waals surface area contributed by atoms with E-state index in [4.69, 9.17) is 47.9 Å². The maximum atomic E-state index is 14.7. The highest BCUT2D eigenvalue weighted by Gasteiger charge is 2.32. The van der Waals surface area contributed by atoms with Crippen LogP contribution in [0.25, 0.3) is 16.8 Å². The van der Waals surface area contributed by atoms with Crippen molar-refractivity contribution in [3.63, 3.8) is 0 Å². The number of aromatic nitrogens is 15. The van der Waals surface area contributed by atoms with Crippen LogP contribution in [-0.4, -0.2) is 150 Å².